The van der Waals surface area contributed by atoms with Gasteiger partial charge in [-0.1, -0.05) is 13.0 Å². The van der Waals surface area contributed by atoms with E-state index in [1.54, 1.807) is 6.33 Å². The molecule has 2 heterocycles. The van der Waals surface area contributed by atoms with Gasteiger partial charge in [-0.2, -0.15) is 0 Å². The number of rotatable bonds is 2. The van der Waals surface area contributed by atoms with Gasteiger partial charge in [0.15, 0.2) is 5.65 Å². The van der Waals surface area contributed by atoms with Crippen LogP contribution in [0.15, 0.2) is 24.5 Å². The number of aromatic nitrogens is 3. The van der Waals surface area contributed by atoms with Gasteiger partial charge < -0.3 is 5.73 Å². The summed E-state index contributed by atoms with van der Waals surface area (Å²) in [5.41, 5.74) is 7.64. The molecule has 0 aliphatic carbocycles. The van der Waals surface area contributed by atoms with E-state index in [-0.39, 0.29) is 0 Å². The number of hydrogen-bond acceptors (Lipinski definition) is 3. The monoisotopic (exact) mass is 176 g/mol. The lowest BCUT2D eigenvalue weighted by Crippen LogP contribution is -2.11. The van der Waals surface area contributed by atoms with Gasteiger partial charge >= 0.3 is 0 Å². The lowest BCUT2D eigenvalue weighted by atomic mass is 10.1. The van der Waals surface area contributed by atoms with Crippen LogP contribution in [0.2, 0.25) is 0 Å². The predicted molar refractivity (Wildman–Crippen MR) is 50.5 cm³/mol. The van der Waals surface area contributed by atoms with Gasteiger partial charge in [-0.3, -0.25) is 4.40 Å². The lowest BCUT2D eigenvalue weighted by Gasteiger charge is -2.10. The lowest BCUT2D eigenvalue weighted by molar-refractivity contribution is 0.731. The van der Waals surface area contributed by atoms with Gasteiger partial charge in [-0.25, -0.2) is 0 Å². The predicted octanol–water partition coefficient (Wildman–Crippen LogP) is 0.792. The van der Waals surface area contributed by atoms with E-state index in [0.29, 0.717) is 12.5 Å². The number of fused-ring (bicyclic) bond motifs is 1. The first-order valence-electron chi connectivity index (χ1n) is 4.31. The van der Waals surface area contributed by atoms with Crippen LogP contribution >= 0.6 is 0 Å². The van der Waals surface area contributed by atoms with Crippen molar-refractivity contribution in [3.63, 3.8) is 0 Å². The Hall–Kier alpha value is -1.42. The number of nitrogens with zero attached hydrogens (tertiary/aromatic N) is 3. The van der Waals surface area contributed by atoms with Crippen molar-refractivity contribution in [1.29, 1.82) is 0 Å². The molecule has 0 fully saturated rings. The summed E-state index contributed by atoms with van der Waals surface area (Å²) in [5.74, 6) is 0.333. The van der Waals surface area contributed by atoms with E-state index >= 15 is 0 Å². The first-order chi connectivity index (χ1) is 6.33. The van der Waals surface area contributed by atoms with Gasteiger partial charge in [0.05, 0.1) is 0 Å². The van der Waals surface area contributed by atoms with Crippen LogP contribution in [0.25, 0.3) is 5.65 Å². The van der Waals surface area contributed by atoms with Gasteiger partial charge in [-0.15, -0.1) is 10.2 Å². The summed E-state index contributed by atoms with van der Waals surface area (Å²) in [6.07, 6.45) is 1.72. The molecule has 1 atom stereocenters. The Morgan fingerprint density at radius 3 is 3.15 bits per heavy atom. The summed E-state index contributed by atoms with van der Waals surface area (Å²) >= 11 is 0. The van der Waals surface area contributed by atoms with Crippen molar-refractivity contribution >= 4 is 5.65 Å². The van der Waals surface area contributed by atoms with Crippen LogP contribution in [0.5, 0.6) is 0 Å². The normalized spacial score (nSPS) is 13.4. The van der Waals surface area contributed by atoms with Crippen molar-refractivity contribution < 1.29 is 0 Å². The first-order valence-corrected chi connectivity index (χ1v) is 4.31. The average molecular weight is 176 g/mol. The van der Waals surface area contributed by atoms with E-state index in [0.717, 1.165) is 11.3 Å². The zero-order valence-electron chi connectivity index (χ0n) is 7.51. The van der Waals surface area contributed by atoms with Crippen molar-refractivity contribution in [2.75, 3.05) is 6.54 Å². The molecule has 1 unspecified atom stereocenters. The fourth-order valence-corrected chi connectivity index (χ4v) is 1.39. The molecule has 0 saturated carbocycles. The molecule has 2 aromatic heterocycles. The fraction of sp³-hybridized carbons (Fsp3) is 0.333. The molecule has 0 aliphatic rings. The van der Waals surface area contributed by atoms with Crippen molar-refractivity contribution in [3.05, 3.63) is 30.2 Å². The van der Waals surface area contributed by atoms with E-state index in [1.165, 1.54) is 0 Å². The second-order valence-corrected chi connectivity index (χ2v) is 3.15. The third kappa shape index (κ3) is 1.29. The van der Waals surface area contributed by atoms with Crippen LogP contribution in [0, 0.1) is 0 Å². The zero-order chi connectivity index (χ0) is 9.26. The highest BCUT2D eigenvalue weighted by atomic mass is 15.2. The van der Waals surface area contributed by atoms with Crippen LogP contribution < -0.4 is 5.73 Å². The highest BCUT2D eigenvalue weighted by molar-refractivity contribution is 5.38. The molecule has 2 N–H and O–H groups in total. The number of nitrogens with two attached hydrogens (primary N) is 1. The molecule has 4 heteroatoms. The summed E-state index contributed by atoms with van der Waals surface area (Å²) in [7, 11) is 0. The Morgan fingerprint density at radius 2 is 2.38 bits per heavy atom. The molecule has 0 bridgehead atoms. The van der Waals surface area contributed by atoms with Crippen molar-refractivity contribution in [2.24, 2.45) is 5.73 Å². The number of pyridine rings is 1. The average Bonchev–Trinajstić information content (AvgIpc) is 2.63. The molecule has 0 aliphatic heterocycles. The van der Waals surface area contributed by atoms with E-state index in [9.17, 15) is 0 Å². The quantitative estimate of drug-likeness (QED) is 0.736. The highest BCUT2D eigenvalue weighted by Gasteiger charge is 2.07. The summed E-state index contributed by atoms with van der Waals surface area (Å²) < 4.78 is 1.97. The minimum Gasteiger partial charge on any atom is -0.330 e. The molecule has 0 aromatic carbocycles. The van der Waals surface area contributed by atoms with Crippen molar-refractivity contribution in [1.82, 2.24) is 14.6 Å². The standard InChI is InChI=1S/C9H12N4/c1-7(5-10)8-3-2-4-9-12-11-6-13(8)9/h2-4,6-7H,5,10H2,1H3. The SMILES string of the molecule is CC(CN)c1cccc2nncn12. The minimum atomic E-state index is 0.333. The van der Waals surface area contributed by atoms with Crippen LogP contribution in [0.4, 0.5) is 0 Å². The molecule has 0 amide bonds. The van der Waals surface area contributed by atoms with Crippen molar-refractivity contribution in [2.45, 2.75) is 12.8 Å². The molecule has 0 saturated heterocycles. The van der Waals surface area contributed by atoms with E-state index in [2.05, 4.69) is 17.1 Å². The van der Waals surface area contributed by atoms with Crippen molar-refractivity contribution in [3.8, 4) is 0 Å². The second-order valence-electron chi connectivity index (χ2n) is 3.15. The molecule has 4 nitrogen and oxygen atoms in total. The molecular weight excluding hydrogens is 164 g/mol. The Labute approximate surface area is 76.4 Å². The molecule has 0 spiro atoms. The van der Waals surface area contributed by atoms with E-state index in [4.69, 9.17) is 5.73 Å². The van der Waals surface area contributed by atoms with Crippen LogP contribution in [-0.4, -0.2) is 21.1 Å². The Balaban J connectivity index is 2.60. The topological polar surface area (TPSA) is 56.2 Å². The maximum atomic E-state index is 5.61. The van der Waals surface area contributed by atoms with Gasteiger partial charge in [0.25, 0.3) is 0 Å². The largest absolute Gasteiger partial charge is 0.330 e. The van der Waals surface area contributed by atoms with Gasteiger partial charge in [0, 0.05) is 18.2 Å². The van der Waals surface area contributed by atoms with E-state index < -0.39 is 0 Å². The molecule has 0 radical (unpaired) electrons. The fourth-order valence-electron chi connectivity index (χ4n) is 1.39. The summed E-state index contributed by atoms with van der Waals surface area (Å²) in [5, 5.41) is 7.82. The zero-order valence-corrected chi connectivity index (χ0v) is 7.51. The minimum absolute atomic E-state index is 0.333. The third-order valence-corrected chi connectivity index (χ3v) is 2.22. The van der Waals surface area contributed by atoms with E-state index in [1.807, 2.05) is 22.6 Å². The Kier molecular flexibility index (Phi) is 1.98. The number of hydrogen-bond donors (Lipinski definition) is 1. The Bertz CT molecular complexity index is 407. The summed E-state index contributed by atoms with van der Waals surface area (Å²) in [6, 6.07) is 5.96. The maximum absolute atomic E-state index is 5.61. The van der Waals surface area contributed by atoms with Crippen LogP contribution in [0.3, 0.4) is 0 Å². The molecule has 13 heavy (non-hydrogen) atoms. The first kappa shape index (κ1) is 8.19. The summed E-state index contributed by atoms with van der Waals surface area (Å²) in [6.45, 7) is 2.73. The smallest absolute Gasteiger partial charge is 0.160 e. The maximum Gasteiger partial charge on any atom is 0.160 e. The third-order valence-electron chi connectivity index (χ3n) is 2.22. The Morgan fingerprint density at radius 1 is 1.54 bits per heavy atom. The molecular formula is C9H12N4. The van der Waals surface area contributed by atoms with Crippen LogP contribution in [0.1, 0.15) is 18.5 Å². The van der Waals surface area contributed by atoms with Gasteiger partial charge in [0.2, 0.25) is 0 Å². The van der Waals surface area contributed by atoms with Gasteiger partial charge in [-0.05, 0) is 12.1 Å². The molecule has 2 aromatic rings. The highest BCUT2D eigenvalue weighted by Crippen LogP contribution is 2.14. The molecule has 2 rings (SSSR count). The molecule has 68 valence electrons. The second kappa shape index (κ2) is 3.14. The van der Waals surface area contributed by atoms with Crippen LogP contribution in [-0.2, 0) is 0 Å². The summed E-state index contributed by atoms with van der Waals surface area (Å²) in [4.78, 5) is 0. The van der Waals surface area contributed by atoms with Gasteiger partial charge in [0.1, 0.15) is 6.33 Å².